The van der Waals surface area contributed by atoms with Gasteiger partial charge in [0.25, 0.3) is 0 Å². The second kappa shape index (κ2) is 5.27. The summed E-state index contributed by atoms with van der Waals surface area (Å²) in [5.74, 6) is 0. The van der Waals surface area contributed by atoms with E-state index in [1.165, 1.54) is 11.3 Å². The quantitative estimate of drug-likeness (QED) is 0.863. The Labute approximate surface area is 100 Å². The number of nitrogens with one attached hydrogen (secondary N) is 1. The lowest BCUT2D eigenvalue weighted by atomic mass is 10.3. The molecular weight excluding hydrogens is 218 g/mol. The van der Waals surface area contributed by atoms with Crippen molar-refractivity contribution in [1.82, 2.24) is 14.9 Å². The Balaban J connectivity index is 1.87. The van der Waals surface area contributed by atoms with Gasteiger partial charge in [0, 0.05) is 25.3 Å². The molecule has 0 fully saturated rings. The lowest BCUT2D eigenvalue weighted by Crippen LogP contribution is -2.16. The first kappa shape index (κ1) is 11.4. The zero-order valence-electron chi connectivity index (χ0n) is 9.68. The van der Waals surface area contributed by atoms with Crippen molar-refractivity contribution in [1.29, 1.82) is 0 Å². The zero-order valence-corrected chi connectivity index (χ0v) is 10.5. The van der Waals surface area contributed by atoms with Crippen LogP contribution >= 0.6 is 11.3 Å². The van der Waals surface area contributed by atoms with Crippen LogP contribution in [0.3, 0.4) is 0 Å². The van der Waals surface area contributed by atoms with Gasteiger partial charge >= 0.3 is 0 Å². The highest BCUT2D eigenvalue weighted by atomic mass is 32.1. The van der Waals surface area contributed by atoms with E-state index in [1.807, 2.05) is 12.5 Å². The van der Waals surface area contributed by atoms with E-state index in [9.17, 15) is 0 Å². The molecule has 0 aromatic carbocycles. The van der Waals surface area contributed by atoms with Gasteiger partial charge in [-0.25, -0.2) is 4.98 Å². The number of hydrogen-bond acceptors (Lipinski definition) is 3. The molecule has 2 aromatic rings. The second-order valence-electron chi connectivity index (χ2n) is 4.12. The van der Waals surface area contributed by atoms with Crippen molar-refractivity contribution in [3.63, 3.8) is 0 Å². The molecule has 0 aliphatic rings. The van der Waals surface area contributed by atoms with Crippen LogP contribution in [0.2, 0.25) is 0 Å². The van der Waals surface area contributed by atoms with E-state index in [-0.39, 0.29) is 0 Å². The van der Waals surface area contributed by atoms with Gasteiger partial charge in [0.05, 0.1) is 12.0 Å². The Morgan fingerprint density at radius 3 is 3.00 bits per heavy atom. The van der Waals surface area contributed by atoms with E-state index in [1.54, 1.807) is 11.3 Å². The molecule has 2 heterocycles. The fourth-order valence-corrected chi connectivity index (χ4v) is 2.33. The number of rotatable bonds is 5. The molecule has 0 unspecified atom stereocenters. The predicted molar refractivity (Wildman–Crippen MR) is 67.5 cm³/mol. The van der Waals surface area contributed by atoms with E-state index in [4.69, 9.17) is 0 Å². The summed E-state index contributed by atoms with van der Waals surface area (Å²) in [4.78, 5) is 4.18. The van der Waals surface area contributed by atoms with Crippen molar-refractivity contribution in [3.05, 3.63) is 40.6 Å². The largest absolute Gasteiger partial charge is 0.331 e. The first-order valence-corrected chi connectivity index (χ1v) is 6.44. The topological polar surface area (TPSA) is 29.9 Å². The van der Waals surface area contributed by atoms with Crippen molar-refractivity contribution in [2.45, 2.75) is 33.0 Å². The molecule has 0 aliphatic heterocycles. The van der Waals surface area contributed by atoms with Crippen molar-refractivity contribution >= 4 is 11.3 Å². The maximum absolute atomic E-state index is 4.18. The van der Waals surface area contributed by atoms with Gasteiger partial charge in [0.2, 0.25) is 0 Å². The number of imidazole rings is 1. The fourth-order valence-electron chi connectivity index (χ4n) is 1.66. The third-order valence-corrected chi connectivity index (χ3v) is 3.25. The third-order valence-electron chi connectivity index (χ3n) is 2.52. The molecule has 0 spiro atoms. The molecule has 2 aromatic heterocycles. The highest BCUT2D eigenvalue weighted by Gasteiger charge is 2.04. The van der Waals surface area contributed by atoms with Crippen molar-refractivity contribution in [2.24, 2.45) is 0 Å². The van der Waals surface area contributed by atoms with Crippen LogP contribution in [-0.4, -0.2) is 9.55 Å². The van der Waals surface area contributed by atoms with Gasteiger partial charge in [0.15, 0.2) is 0 Å². The van der Waals surface area contributed by atoms with Gasteiger partial charge < -0.3 is 9.88 Å². The SMILES string of the molecule is CC(C)n1cncc1CNCc1ccsc1. The first-order chi connectivity index (χ1) is 7.77. The maximum Gasteiger partial charge on any atom is 0.0951 e. The molecule has 2 rings (SSSR count). The van der Waals surface area contributed by atoms with Gasteiger partial charge in [-0.15, -0.1) is 0 Å². The minimum atomic E-state index is 0.473. The third kappa shape index (κ3) is 2.71. The number of hydrogen-bond donors (Lipinski definition) is 1. The minimum Gasteiger partial charge on any atom is -0.331 e. The molecule has 0 atom stereocenters. The van der Waals surface area contributed by atoms with Crippen LogP contribution in [0.15, 0.2) is 29.4 Å². The average Bonchev–Trinajstić information content (AvgIpc) is 2.87. The van der Waals surface area contributed by atoms with Crippen LogP contribution in [0.5, 0.6) is 0 Å². The standard InChI is InChI=1S/C12H17N3S/c1-10(2)15-9-14-7-12(15)6-13-5-11-3-4-16-8-11/h3-4,7-10,13H,5-6H2,1-2H3. The molecule has 0 bridgehead atoms. The Kier molecular flexibility index (Phi) is 3.74. The summed E-state index contributed by atoms with van der Waals surface area (Å²) in [6.07, 6.45) is 3.83. The Morgan fingerprint density at radius 2 is 2.31 bits per heavy atom. The first-order valence-electron chi connectivity index (χ1n) is 5.50. The van der Waals surface area contributed by atoms with Crippen LogP contribution in [-0.2, 0) is 13.1 Å². The Bertz CT molecular complexity index is 417. The lowest BCUT2D eigenvalue weighted by molar-refractivity contribution is 0.551. The van der Waals surface area contributed by atoms with E-state index < -0.39 is 0 Å². The fraction of sp³-hybridized carbons (Fsp3) is 0.417. The highest BCUT2D eigenvalue weighted by molar-refractivity contribution is 7.07. The molecule has 0 saturated carbocycles. The molecular formula is C12H17N3S. The van der Waals surface area contributed by atoms with Crippen LogP contribution in [0.1, 0.15) is 31.1 Å². The zero-order chi connectivity index (χ0) is 11.4. The molecule has 4 heteroatoms. The predicted octanol–water partition coefficient (Wildman–Crippen LogP) is 2.82. The molecule has 0 saturated heterocycles. The average molecular weight is 235 g/mol. The normalized spacial score (nSPS) is 11.2. The molecule has 86 valence electrons. The van der Waals surface area contributed by atoms with E-state index in [0.29, 0.717) is 6.04 Å². The van der Waals surface area contributed by atoms with Crippen LogP contribution in [0.25, 0.3) is 0 Å². The van der Waals surface area contributed by atoms with Crippen molar-refractivity contribution in [2.75, 3.05) is 0 Å². The Hall–Kier alpha value is -1.13. The molecule has 0 radical (unpaired) electrons. The van der Waals surface area contributed by atoms with Gasteiger partial charge in [0.1, 0.15) is 0 Å². The molecule has 1 N–H and O–H groups in total. The van der Waals surface area contributed by atoms with E-state index in [2.05, 4.69) is 45.5 Å². The summed E-state index contributed by atoms with van der Waals surface area (Å²) in [6.45, 7) is 6.13. The van der Waals surface area contributed by atoms with Gasteiger partial charge in [-0.2, -0.15) is 11.3 Å². The van der Waals surface area contributed by atoms with E-state index in [0.717, 1.165) is 13.1 Å². The van der Waals surface area contributed by atoms with Crippen molar-refractivity contribution < 1.29 is 0 Å². The summed E-state index contributed by atoms with van der Waals surface area (Å²) < 4.78 is 2.20. The monoisotopic (exact) mass is 235 g/mol. The summed E-state index contributed by atoms with van der Waals surface area (Å²) in [5, 5.41) is 7.71. The van der Waals surface area contributed by atoms with Crippen LogP contribution in [0, 0.1) is 0 Å². The molecule has 16 heavy (non-hydrogen) atoms. The molecule has 3 nitrogen and oxygen atoms in total. The number of aromatic nitrogens is 2. The van der Waals surface area contributed by atoms with Crippen molar-refractivity contribution in [3.8, 4) is 0 Å². The lowest BCUT2D eigenvalue weighted by Gasteiger charge is -2.11. The summed E-state index contributed by atoms with van der Waals surface area (Å²) in [5.41, 5.74) is 2.59. The van der Waals surface area contributed by atoms with Gasteiger partial charge in [-0.05, 0) is 36.2 Å². The van der Waals surface area contributed by atoms with Crippen LogP contribution in [0.4, 0.5) is 0 Å². The molecule has 0 amide bonds. The highest BCUT2D eigenvalue weighted by Crippen LogP contribution is 2.09. The molecule has 0 aliphatic carbocycles. The summed E-state index contributed by atoms with van der Waals surface area (Å²) in [6, 6.07) is 2.62. The minimum absolute atomic E-state index is 0.473. The summed E-state index contributed by atoms with van der Waals surface area (Å²) in [7, 11) is 0. The number of nitrogens with zero attached hydrogens (tertiary/aromatic N) is 2. The Morgan fingerprint density at radius 1 is 1.44 bits per heavy atom. The summed E-state index contributed by atoms with van der Waals surface area (Å²) >= 11 is 1.74. The van der Waals surface area contributed by atoms with Gasteiger partial charge in [-0.3, -0.25) is 0 Å². The smallest absolute Gasteiger partial charge is 0.0951 e. The number of thiophene rings is 1. The van der Waals surface area contributed by atoms with E-state index >= 15 is 0 Å². The van der Waals surface area contributed by atoms with Gasteiger partial charge in [-0.1, -0.05) is 0 Å². The van der Waals surface area contributed by atoms with Crippen LogP contribution < -0.4 is 5.32 Å². The maximum atomic E-state index is 4.18. The second-order valence-corrected chi connectivity index (χ2v) is 4.90.